The Hall–Kier alpha value is -0.890. The van der Waals surface area contributed by atoms with Gasteiger partial charge in [-0.3, -0.25) is 9.80 Å². The lowest BCUT2D eigenvalue weighted by atomic mass is 10.3. The molecule has 0 atom stereocenters. The second-order valence-electron chi connectivity index (χ2n) is 4.67. The van der Waals surface area contributed by atoms with Crippen LogP contribution in [0.3, 0.4) is 0 Å². The number of nitrogens with zero attached hydrogens (tertiary/aromatic N) is 3. The van der Waals surface area contributed by atoms with Crippen LogP contribution < -0.4 is 5.73 Å². The fraction of sp³-hybridized carbons (Fsp3) is 0.917. The number of rotatable bonds is 9. The van der Waals surface area contributed by atoms with E-state index in [1.54, 1.807) is 7.11 Å². The van der Waals surface area contributed by atoms with Crippen LogP contribution in [-0.4, -0.2) is 87.0 Å². The molecule has 0 saturated carbocycles. The lowest BCUT2D eigenvalue weighted by molar-refractivity contribution is 0.0678. The largest absolute Gasteiger partial charge is 0.409 e. The topological polar surface area (TPSA) is 83.6 Å². The molecule has 1 rings (SSSR count). The van der Waals surface area contributed by atoms with Crippen LogP contribution in [0.15, 0.2) is 5.16 Å². The lowest BCUT2D eigenvalue weighted by Crippen LogP contribution is -2.49. The van der Waals surface area contributed by atoms with E-state index in [0.717, 1.165) is 59.0 Å². The quantitative estimate of drug-likeness (QED) is 0.192. The molecule has 1 aliphatic rings. The van der Waals surface area contributed by atoms with Gasteiger partial charge in [0.05, 0.1) is 13.2 Å². The number of piperazine rings is 1. The van der Waals surface area contributed by atoms with E-state index >= 15 is 0 Å². The van der Waals surface area contributed by atoms with Gasteiger partial charge in [-0.15, -0.1) is 0 Å². The Bertz CT molecular complexity index is 255. The standard InChI is InChI=1S/C12H26N4O3/c1-18-8-2-9-19-10-7-15-3-5-16(6-4-15)11-12(13)14-17/h17H,2-11H2,1H3,(H2,13,14). The van der Waals surface area contributed by atoms with Gasteiger partial charge in [0, 0.05) is 53.0 Å². The molecular formula is C12H26N4O3. The van der Waals surface area contributed by atoms with Crippen molar-refractivity contribution in [3.63, 3.8) is 0 Å². The zero-order chi connectivity index (χ0) is 13.9. The van der Waals surface area contributed by atoms with E-state index in [-0.39, 0.29) is 5.84 Å². The maximum Gasteiger partial charge on any atom is 0.153 e. The maximum absolute atomic E-state index is 8.52. The van der Waals surface area contributed by atoms with E-state index in [0.29, 0.717) is 6.54 Å². The maximum atomic E-state index is 8.52. The van der Waals surface area contributed by atoms with Crippen molar-refractivity contribution in [2.45, 2.75) is 6.42 Å². The van der Waals surface area contributed by atoms with Gasteiger partial charge in [0.15, 0.2) is 5.84 Å². The van der Waals surface area contributed by atoms with Crippen LogP contribution in [0.2, 0.25) is 0 Å². The average molecular weight is 274 g/mol. The van der Waals surface area contributed by atoms with Crippen molar-refractivity contribution in [2.75, 3.05) is 66.2 Å². The van der Waals surface area contributed by atoms with Gasteiger partial charge in [-0.05, 0) is 6.42 Å². The van der Waals surface area contributed by atoms with Crippen LogP contribution >= 0.6 is 0 Å². The summed E-state index contributed by atoms with van der Waals surface area (Å²) in [5, 5.41) is 11.5. The molecule has 7 heteroatoms. The fourth-order valence-corrected chi connectivity index (χ4v) is 2.03. The molecular weight excluding hydrogens is 248 g/mol. The molecule has 1 aliphatic heterocycles. The van der Waals surface area contributed by atoms with Crippen LogP contribution in [0, 0.1) is 0 Å². The molecule has 0 bridgehead atoms. The number of hydrogen-bond acceptors (Lipinski definition) is 6. The van der Waals surface area contributed by atoms with Gasteiger partial charge >= 0.3 is 0 Å². The highest BCUT2D eigenvalue weighted by molar-refractivity contribution is 5.81. The van der Waals surface area contributed by atoms with Crippen molar-refractivity contribution in [1.29, 1.82) is 0 Å². The van der Waals surface area contributed by atoms with E-state index in [4.69, 9.17) is 20.4 Å². The molecule has 0 aliphatic carbocycles. The minimum Gasteiger partial charge on any atom is -0.409 e. The summed E-state index contributed by atoms with van der Waals surface area (Å²) in [6.45, 7) is 7.68. The third kappa shape index (κ3) is 7.31. The molecule has 0 aromatic heterocycles. The molecule has 0 aromatic rings. The second kappa shape index (κ2) is 9.96. The molecule has 7 nitrogen and oxygen atoms in total. The van der Waals surface area contributed by atoms with Gasteiger partial charge in [-0.25, -0.2) is 0 Å². The van der Waals surface area contributed by atoms with Crippen molar-refractivity contribution in [1.82, 2.24) is 9.80 Å². The summed E-state index contributed by atoms with van der Waals surface area (Å²) in [5.41, 5.74) is 5.49. The number of oxime groups is 1. The highest BCUT2D eigenvalue weighted by Crippen LogP contribution is 2.01. The minimum atomic E-state index is 0.273. The van der Waals surface area contributed by atoms with Crippen molar-refractivity contribution in [3.05, 3.63) is 0 Å². The normalized spacial score (nSPS) is 18.9. The molecule has 1 fully saturated rings. The highest BCUT2D eigenvalue weighted by atomic mass is 16.5. The summed E-state index contributed by atoms with van der Waals surface area (Å²) in [7, 11) is 1.70. The second-order valence-corrected chi connectivity index (χ2v) is 4.67. The van der Waals surface area contributed by atoms with Gasteiger partial charge in [0.2, 0.25) is 0 Å². The third-order valence-corrected chi connectivity index (χ3v) is 3.17. The van der Waals surface area contributed by atoms with Crippen LogP contribution in [-0.2, 0) is 9.47 Å². The van der Waals surface area contributed by atoms with Gasteiger partial charge in [0.1, 0.15) is 0 Å². The molecule has 112 valence electrons. The Labute approximate surface area is 114 Å². The number of amidine groups is 1. The van der Waals surface area contributed by atoms with Gasteiger partial charge < -0.3 is 20.4 Å². The summed E-state index contributed by atoms with van der Waals surface area (Å²) in [4.78, 5) is 4.56. The zero-order valence-electron chi connectivity index (χ0n) is 11.8. The summed E-state index contributed by atoms with van der Waals surface area (Å²) in [6.07, 6.45) is 0.948. The Balaban J connectivity index is 2.00. The van der Waals surface area contributed by atoms with E-state index in [1.807, 2.05) is 0 Å². The van der Waals surface area contributed by atoms with Crippen molar-refractivity contribution >= 4 is 5.84 Å². The number of hydrogen-bond donors (Lipinski definition) is 2. The monoisotopic (exact) mass is 274 g/mol. The Kier molecular flexibility index (Phi) is 8.48. The van der Waals surface area contributed by atoms with Crippen LogP contribution in [0.1, 0.15) is 6.42 Å². The zero-order valence-corrected chi connectivity index (χ0v) is 11.8. The summed E-state index contributed by atoms with van der Waals surface area (Å²) in [6, 6.07) is 0. The molecule has 0 spiro atoms. The first kappa shape index (κ1) is 16.2. The summed E-state index contributed by atoms with van der Waals surface area (Å²) < 4.78 is 10.5. The number of methoxy groups -OCH3 is 1. The Morgan fingerprint density at radius 3 is 2.47 bits per heavy atom. The van der Waals surface area contributed by atoms with E-state index in [2.05, 4.69) is 15.0 Å². The highest BCUT2D eigenvalue weighted by Gasteiger charge is 2.17. The molecule has 3 N–H and O–H groups in total. The molecule has 0 unspecified atom stereocenters. The van der Waals surface area contributed by atoms with E-state index in [1.165, 1.54) is 0 Å². The smallest absolute Gasteiger partial charge is 0.153 e. The Morgan fingerprint density at radius 2 is 1.84 bits per heavy atom. The van der Waals surface area contributed by atoms with Gasteiger partial charge in [0.25, 0.3) is 0 Å². The van der Waals surface area contributed by atoms with Gasteiger partial charge in [-0.1, -0.05) is 5.16 Å². The van der Waals surface area contributed by atoms with Crippen molar-refractivity contribution in [2.24, 2.45) is 10.9 Å². The molecule has 1 saturated heterocycles. The molecule has 0 radical (unpaired) electrons. The van der Waals surface area contributed by atoms with Crippen molar-refractivity contribution in [3.8, 4) is 0 Å². The first-order chi connectivity index (χ1) is 9.26. The lowest BCUT2D eigenvalue weighted by Gasteiger charge is -2.34. The Morgan fingerprint density at radius 1 is 1.16 bits per heavy atom. The number of nitrogens with two attached hydrogens (primary N) is 1. The summed E-state index contributed by atoms with van der Waals surface area (Å²) in [5.74, 6) is 0.273. The van der Waals surface area contributed by atoms with Crippen LogP contribution in [0.4, 0.5) is 0 Å². The molecule has 0 amide bonds. The van der Waals surface area contributed by atoms with Crippen molar-refractivity contribution < 1.29 is 14.7 Å². The first-order valence-electron chi connectivity index (χ1n) is 6.74. The average Bonchev–Trinajstić information content (AvgIpc) is 2.44. The first-order valence-corrected chi connectivity index (χ1v) is 6.74. The number of ether oxygens (including phenoxy) is 2. The molecule has 1 heterocycles. The van der Waals surface area contributed by atoms with E-state index < -0.39 is 0 Å². The van der Waals surface area contributed by atoms with Crippen LogP contribution in [0.5, 0.6) is 0 Å². The predicted molar refractivity (Wildman–Crippen MR) is 73.6 cm³/mol. The van der Waals surface area contributed by atoms with E-state index in [9.17, 15) is 0 Å². The molecule has 19 heavy (non-hydrogen) atoms. The fourth-order valence-electron chi connectivity index (χ4n) is 2.03. The summed E-state index contributed by atoms with van der Waals surface area (Å²) >= 11 is 0. The third-order valence-electron chi connectivity index (χ3n) is 3.17. The predicted octanol–water partition coefficient (Wildman–Crippen LogP) is -0.596. The minimum absolute atomic E-state index is 0.273. The molecule has 0 aromatic carbocycles. The van der Waals surface area contributed by atoms with Crippen LogP contribution in [0.25, 0.3) is 0 Å². The van der Waals surface area contributed by atoms with Gasteiger partial charge in [-0.2, -0.15) is 0 Å². The SMILES string of the molecule is COCCCOCCN1CCN(CC(N)=NO)CC1.